The molecule has 0 saturated carbocycles. The van der Waals surface area contributed by atoms with Crippen LogP contribution in [-0.4, -0.2) is 17.9 Å². The molecule has 0 radical (unpaired) electrons. The minimum atomic E-state index is -4.60. The molecule has 20 heavy (non-hydrogen) atoms. The van der Waals surface area contributed by atoms with Crippen molar-refractivity contribution < 1.29 is 22.8 Å². The average molecular weight is 310 g/mol. The molecule has 0 aliphatic heterocycles. The minimum absolute atomic E-state index is 0.172. The molecule has 1 aromatic carbocycles. The molecule has 110 valence electrons. The molecule has 0 heterocycles. The summed E-state index contributed by atoms with van der Waals surface area (Å²) < 4.78 is 37.7. The Labute approximate surface area is 117 Å². The molecular weight excluding hydrogens is 299 g/mol. The predicted octanol–water partition coefficient (Wildman–Crippen LogP) is 1.50. The van der Waals surface area contributed by atoms with E-state index in [2.05, 4.69) is 5.32 Å². The summed E-state index contributed by atoms with van der Waals surface area (Å²) in [5.41, 5.74) is 9.04. The normalized spacial score (nSPS) is 12.8. The molecule has 2 amide bonds. The lowest BCUT2D eigenvalue weighted by molar-refractivity contribution is -0.137. The first-order valence-electron chi connectivity index (χ1n) is 5.32. The molecule has 5 N–H and O–H groups in total. The lowest BCUT2D eigenvalue weighted by Gasteiger charge is -2.13. The van der Waals surface area contributed by atoms with Crippen molar-refractivity contribution in [2.75, 3.05) is 5.32 Å². The van der Waals surface area contributed by atoms with Crippen LogP contribution in [0.2, 0.25) is 5.02 Å². The molecule has 1 unspecified atom stereocenters. The molecular formula is C11H11ClF3N3O2. The van der Waals surface area contributed by atoms with E-state index in [9.17, 15) is 22.8 Å². The van der Waals surface area contributed by atoms with Crippen LogP contribution in [-0.2, 0) is 15.8 Å². The Bertz CT molecular complexity index is 534. The van der Waals surface area contributed by atoms with E-state index in [-0.39, 0.29) is 10.7 Å². The zero-order valence-electron chi connectivity index (χ0n) is 10.00. The first kappa shape index (κ1) is 16.3. The van der Waals surface area contributed by atoms with Crippen LogP contribution in [0.1, 0.15) is 12.0 Å². The largest absolute Gasteiger partial charge is 0.416 e. The number of hydrogen-bond donors (Lipinski definition) is 3. The summed E-state index contributed by atoms with van der Waals surface area (Å²) in [5, 5.41) is 1.95. The number of carbonyl (C=O) groups is 2. The Balaban J connectivity index is 2.90. The van der Waals surface area contributed by atoms with Gasteiger partial charge in [0.15, 0.2) is 0 Å². The van der Waals surface area contributed by atoms with E-state index in [0.29, 0.717) is 6.07 Å². The molecule has 1 rings (SSSR count). The summed E-state index contributed by atoms with van der Waals surface area (Å²) in [4.78, 5) is 22.2. The molecule has 0 spiro atoms. The number of nitrogens with one attached hydrogen (secondary N) is 1. The van der Waals surface area contributed by atoms with Crippen LogP contribution in [0.4, 0.5) is 18.9 Å². The van der Waals surface area contributed by atoms with Crippen molar-refractivity contribution in [2.45, 2.75) is 18.6 Å². The molecule has 0 aliphatic carbocycles. The van der Waals surface area contributed by atoms with Gasteiger partial charge in [0.2, 0.25) is 11.8 Å². The molecule has 0 saturated heterocycles. The van der Waals surface area contributed by atoms with Crippen molar-refractivity contribution in [3.05, 3.63) is 28.8 Å². The molecule has 1 atom stereocenters. The van der Waals surface area contributed by atoms with Gasteiger partial charge < -0.3 is 16.8 Å². The van der Waals surface area contributed by atoms with E-state index in [1.807, 2.05) is 0 Å². The highest BCUT2D eigenvalue weighted by molar-refractivity contribution is 6.31. The van der Waals surface area contributed by atoms with E-state index in [1.54, 1.807) is 0 Å². The maximum Gasteiger partial charge on any atom is 0.416 e. The maximum absolute atomic E-state index is 12.6. The van der Waals surface area contributed by atoms with Crippen LogP contribution in [0.15, 0.2) is 18.2 Å². The Hall–Kier alpha value is -1.80. The Morgan fingerprint density at radius 2 is 1.90 bits per heavy atom. The molecule has 5 nitrogen and oxygen atoms in total. The van der Waals surface area contributed by atoms with E-state index in [0.717, 1.165) is 12.1 Å². The monoisotopic (exact) mass is 309 g/mol. The smallest absolute Gasteiger partial charge is 0.370 e. The number of nitrogens with two attached hydrogens (primary N) is 2. The van der Waals surface area contributed by atoms with Crippen LogP contribution in [0, 0.1) is 0 Å². The third kappa shape index (κ3) is 4.71. The Kier molecular flexibility index (Phi) is 4.96. The standard InChI is InChI=1S/C11H11ClF3N3O2/c12-6-1-5(11(13,14)15)2-7(3-6)18-10(20)8(16)4-9(17)19/h1-3,8H,4,16H2,(H2,17,19)(H,18,20). The summed E-state index contributed by atoms with van der Waals surface area (Å²) in [5.74, 6) is -1.63. The lowest BCUT2D eigenvalue weighted by Crippen LogP contribution is -2.39. The van der Waals surface area contributed by atoms with Crippen LogP contribution in [0.3, 0.4) is 0 Å². The van der Waals surface area contributed by atoms with Crippen LogP contribution < -0.4 is 16.8 Å². The minimum Gasteiger partial charge on any atom is -0.370 e. The fraction of sp³-hybridized carbons (Fsp3) is 0.273. The van der Waals surface area contributed by atoms with Gasteiger partial charge in [0.1, 0.15) is 0 Å². The number of alkyl halides is 3. The number of anilines is 1. The van der Waals surface area contributed by atoms with Gasteiger partial charge in [0.05, 0.1) is 18.0 Å². The number of halogens is 4. The van der Waals surface area contributed by atoms with Crippen molar-refractivity contribution in [1.29, 1.82) is 0 Å². The second-order valence-corrected chi connectivity index (χ2v) is 4.43. The van der Waals surface area contributed by atoms with Gasteiger partial charge in [0, 0.05) is 10.7 Å². The van der Waals surface area contributed by atoms with Gasteiger partial charge in [-0.15, -0.1) is 0 Å². The molecule has 0 bridgehead atoms. The van der Waals surface area contributed by atoms with Gasteiger partial charge in [-0.2, -0.15) is 13.2 Å². The lowest BCUT2D eigenvalue weighted by atomic mass is 10.1. The number of rotatable bonds is 4. The Morgan fingerprint density at radius 3 is 2.40 bits per heavy atom. The van der Waals surface area contributed by atoms with Gasteiger partial charge in [-0.05, 0) is 18.2 Å². The van der Waals surface area contributed by atoms with Gasteiger partial charge in [-0.3, -0.25) is 9.59 Å². The number of primary amides is 1. The fourth-order valence-electron chi connectivity index (χ4n) is 1.37. The summed E-state index contributed by atoms with van der Waals surface area (Å²) in [6, 6.07) is 1.31. The third-order valence-electron chi connectivity index (χ3n) is 2.25. The van der Waals surface area contributed by atoms with Crippen LogP contribution in [0.25, 0.3) is 0 Å². The second kappa shape index (κ2) is 6.10. The summed E-state index contributed by atoms with van der Waals surface area (Å²) in [7, 11) is 0. The number of hydrogen-bond acceptors (Lipinski definition) is 3. The van der Waals surface area contributed by atoms with Crippen molar-refractivity contribution >= 4 is 29.1 Å². The van der Waals surface area contributed by atoms with E-state index in [1.165, 1.54) is 0 Å². The highest BCUT2D eigenvalue weighted by Gasteiger charge is 2.31. The quantitative estimate of drug-likeness (QED) is 0.786. The Morgan fingerprint density at radius 1 is 1.30 bits per heavy atom. The maximum atomic E-state index is 12.6. The number of carbonyl (C=O) groups excluding carboxylic acids is 2. The first-order chi connectivity index (χ1) is 9.09. The molecule has 0 fully saturated rings. The molecule has 0 aliphatic rings. The first-order valence-corrected chi connectivity index (χ1v) is 5.70. The van der Waals surface area contributed by atoms with Gasteiger partial charge in [-0.1, -0.05) is 11.6 Å². The molecule has 1 aromatic rings. The SMILES string of the molecule is NC(=O)CC(N)C(=O)Nc1cc(Cl)cc(C(F)(F)F)c1. The topological polar surface area (TPSA) is 98.2 Å². The third-order valence-corrected chi connectivity index (χ3v) is 2.47. The van der Waals surface area contributed by atoms with Crippen molar-refractivity contribution in [1.82, 2.24) is 0 Å². The summed E-state index contributed by atoms with van der Waals surface area (Å²) in [6.45, 7) is 0. The average Bonchev–Trinajstić information content (AvgIpc) is 2.25. The summed E-state index contributed by atoms with van der Waals surface area (Å²) >= 11 is 5.55. The number of amides is 2. The predicted molar refractivity (Wildman–Crippen MR) is 66.9 cm³/mol. The van der Waals surface area contributed by atoms with Gasteiger partial charge in [0.25, 0.3) is 0 Å². The van der Waals surface area contributed by atoms with Crippen LogP contribution >= 0.6 is 11.6 Å². The van der Waals surface area contributed by atoms with Gasteiger partial charge in [-0.25, -0.2) is 0 Å². The molecule has 9 heteroatoms. The highest BCUT2D eigenvalue weighted by Crippen LogP contribution is 2.33. The van der Waals surface area contributed by atoms with Gasteiger partial charge >= 0.3 is 6.18 Å². The second-order valence-electron chi connectivity index (χ2n) is 3.99. The summed E-state index contributed by atoms with van der Waals surface area (Å²) in [6.07, 6.45) is -5.02. The fourth-order valence-corrected chi connectivity index (χ4v) is 1.60. The van der Waals surface area contributed by atoms with E-state index in [4.69, 9.17) is 23.1 Å². The van der Waals surface area contributed by atoms with Crippen molar-refractivity contribution in [2.24, 2.45) is 11.5 Å². The van der Waals surface area contributed by atoms with Crippen molar-refractivity contribution in [3.8, 4) is 0 Å². The zero-order valence-corrected chi connectivity index (χ0v) is 10.8. The number of benzene rings is 1. The van der Waals surface area contributed by atoms with Crippen molar-refractivity contribution in [3.63, 3.8) is 0 Å². The molecule has 0 aromatic heterocycles. The zero-order chi connectivity index (χ0) is 15.5. The van der Waals surface area contributed by atoms with Crippen LogP contribution in [0.5, 0.6) is 0 Å². The highest BCUT2D eigenvalue weighted by atomic mass is 35.5. The van der Waals surface area contributed by atoms with E-state index < -0.39 is 36.0 Å². The van der Waals surface area contributed by atoms with E-state index >= 15 is 0 Å².